The van der Waals surface area contributed by atoms with Gasteiger partial charge in [0.2, 0.25) is 5.89 Å². The molecule has 2 aromatic carbocycles. The molecule has 0 bridgehead atoms. The number of aliphatic hydroxyl groups excluding tert-OH is 1. The van der Waals surface area contributed by atoms with Crippen LogP contribution in [0.4, 0.5) is 13.2 Å². The van der Waals surface area contributed by atoms with Gasteiger partial charge in [0.25, 0.3) is 0 Å². The number of rotatable bonds is 6. The zero-order valence-electron chi connectivity index (χ0n) is 16.0. The molecule has 0 saturated heterocycles. The summed E-state index contributed by atoms with van der Waals surface area (Å²) in [6.07, 6.45) is -3.61. The Labute approximate surface area is 169 Å². The van der Waals surface area contributed by atoms with Crippen LogP contribution >= 0.6 is 0 Å². The molecular weight excluding hydrogens is 399 g/mol. The summed E-state index contributed by atoms with van der Waals surface area (Å²) in [5.74, 6) is 0.784. The Hall–Kier alpha value is -3.20. The minimum atomic E-state index is -4.45. The maximum Gasteiger partial charge on any atom is 0.416 e. The van der Waals surface area contributed by atoms with E-state index in [0.29, 0.717) is 28.8 Å². The number of carbonyl (C=O) groups excluding carboxylic acids is 1. The van der Waals surface area contributed by atoms with Crippen molar-refractivity contribution in [2.45, 2.75) is 25.4 Å². The number of Topliss-reactive ketones (excluding diaryl/α,β-unsaturated/α-hetero) is 1. The van der Waals surface area contributed by atoms with E-state index in [1.165, 1.54) is 6.07 Å². The zero-order valence-corrected chi connectivity index (χ0v) is 16.0. The molecule has 0 unspecified atom stereocenters. The van der Waals surface area contributed by atoms with Gasteiger partial charge in [0.05, 0.1) is 23.0 Å². The van der Waals surface area contributed by atoms with Gasteiger partial charge in [0.15, 0.2) is 11.4 Å². The largest absolute Gasteiger partial charge is 0.440 e. The molecule has 0 atom stereocenters. The smallest absolute Gasteiger partial charge is 0.416 e. The molecule has 0 aliphatic rings. The first kappa shape index (κ1) is 20.1. The fraction of sp³-hybridized carbons (Fsp3) is 0.286. The SMILES string of the molecule is Cn1c(Cc2nc3ccc(C(F)(F)F)cc3o2)nc2cc(C(=O)CCCO)ccc21. The number of aryl methyl sites for hydroxylation is 1. The number of aliphatic hydroxyl groups is 1. The number of hydrogen-bond acceptors (Lipinski definition) is 5. The van der Waals surface area contributed by atoms with Crippen molar-refractivity contribution in [1.29, 1.82) is 0 Å². The maximum absolute atomic E-state index is 12.9. The molecule has 2 aromatic heterocycles. The average molecular weight is 417 g/mol. The van der Waals surface area contributed by atoms with Gasteiger partial charge in [0.1, 0.15) is 11.3 Å². The third-order valence-electron chi connectivity index (χ3n) is 4.93. The number of aromatic nitrogens is 3. The lowest BCUT2D eigenvalue weighted by Gasteiger charge is -2.04. The van der Waals surface area contributed by atoms with Crippen LogP contribution in [0.15, 0.2) is 40.8 Å². The monoisotopic (exact) mass is 417 g/mol. The first-order valence-corrected chi connectivity index (χ1v) is 9.32. The summed E-state index contributed by atoms with van der Waals surface area (Å²) in [5.41, 5.74) is 1.56. The number of fused-ring (bicyclic) bond motifs is 2. The third-order valence-corrected chi connectivity index (χ3v) is 4.93. The van der Waals surface area contributed by atoms with E-state index in [-0.39, 0.29) is 36.7 Å². The number of imidazole rings is 1. The number of alkyl halides is 3. The summed E-state index contributed by atoms with van der Waals surface area (Å²) in [7, 11) is 1.81. The fourth-order valence-corrected chi connectivity index (χ4v) is 3.32. The van der Waals surface area contributed by atoms with Crippen LogP contribution in [0.2, 0.25) is 0 Å². The van der Waals surface area contributed by atoms with Gasteiger partial charge < -0.3 is 14.1 Å². The van der Waals surface area contributed by atoms with Crippen LogP contribution in [0.1, 0.15) is 40.5 Å². The van der Waals surface area contributed by atoms with Crippen molar-refractivity contribution in [3.8, 4) is 0 Å². The summed E-state index contributed by atoms with van der Waals surface area (Å²) in [5, 5.41) is 8.88. The van der Waals surface area contributed by atoms with E-state index in [0.717, 1.165) is 17.6 Å². The first-order valence-electron chi connectivity index (χ1n) is 9.32. The molecule has 30 heavy (non-hydrogen) atoms. The number of hydrogen-bond donors (Lipinski definition) is 1. The number of oxazole rings is 1. The average Bonchev–Trinajstić information content (AvgIpc) is 3.25. The van der Waals surface area contributed by atoms with Crippen LogP contribution < -0.4 is 0 Å². The molecule has 0 aliphatic carbocycles. The second kappa shape index (κ2) is 7.56. The van der Waals surface area contributed by atoms with Crippen LogP contribution in [0.5, 0.6) is 0 Å². The highest BCUT2D eigenvalue weighted by Gasteiger charge is 2.31. The second-order valence-electron chi connectivity index (χ2n) is 7.01. The van der Waals surface area contributed by atoms with E-state index in [2.05, 4.69) is 9.97 Å². The lowest BCUT2D eigenvalue weighted by molar-refractivity contribution is -0.137. The summed E-state index contributed by atoms with van der Waals surface area (Å²) >= 11 is 0. The van der Waals surface area contributed by atoms with E-state index in [9.17, 15) is 18.0 Å². The summed E-state index contributed by atoms with van der Waals surface area (Å²) < 4.78 is 46.0. The van der Waals surface area contributed by atoms with Gasteiger partial charge >= 0.3 is 6.18 Å². The number of nitrogens with zero attached hydrogens (tertiary/aromatic N) is 3. The highest BCUT2D eigenvalue weighted by molar-refractivity contribution is 5.99. The van der Waals surface area contributed by atoms with Crippen molar-refractivity contribution in [2.24, 2.45) is 7.05 Å². The molecule has 2 heterocycles. The highest BCUT2D eigenvalue weighted by atomic mass is 19.4. The standard InChI is InChI=1S/C21H18F3N3O3/c1-27-16-7-4-12(17(29)3-2-8-28)9-15(16)25-19(27)11-20-26-14-6-5-13(21(22,23)24)10-18(14)30-20/h4-7,9-10,28H,2-3,8,11H2,1H3. The van der Waals surface area contributed by atoms with E-state index >= 15 is 0 Å². The predicted octanol–water partition coefficient (Wildman–Crippen LogP) is 4.28. The maximum atomic E-state index is 12.9. The van der Waals surface area contributed by atoms with Crippen LogP contribution in [-0.4, -0.2) is 32.0 Å². The zero-order chi connectivity index (χ0) is 21.5. The van der Waals surface area contributed by atoms with Gasteiger partial charge in [-0.3, -0.25) is 4.79 Å². The van der Waals surface area contributed by atoms with Crippen LogP contribution in [0, 0.1) is 0 Å². The van der Waals surface area contributed by atoms with Crippen molar-refractivity contribution < 1.29 is 27.5 Å². The van der Waals surface area contributed by atoms with Gasteiger partial charge in [-0.15, -0.1) is 0 Å². The molecule has 0 saturated carbocycles. The number of carbonyl (C=O) groups is 1. The predicted molar refractivity (Wildman–Crippen MR) is 103 cm³/mol. The molecule has 9 heteroatoms. The normalized spacial score (nSPS) is 12.2. The van der Waals surface area contributed by atoms with E-state index < -0.39 is 11.7 Å². The molecule has 1 N–H and O–H groups in total. The van der Waals surface area contributed by atoms with Crippen LogP contribution in [0.3, 0.4) is 0 Å². The van der Waals surface area contributed by atoms with Crippen LogP contribution in [0.25, 0.3) is 22.1 Å². The molecule has 0 aliphatic heterocycles. The van der Waals surface area contributed by atoms with Crippen molar-refractivity contribution in [3.05, 3.63) is 59.2 Å². The van der Waals surface area contributed by atoms with Crippen molar-refractivity contribution in [2.75, 3.05) is 6.61 Å². The van der Waals surface area contributed by atoms with Gasteiger partial charge in [-0.05, 0) is 42.8 Å². The fourth-order valence-electron chi connectivity index (χ4n) is 3.32. The molecule has 0 fully saturated rings. The minimum absolute atomic E-state index is 0.0450. The van der Waals surface area contributed by atoms with Gasteiger partial charge in [-0.25, -0.2) is 9.97 Å². The first-order chi connectivity index (χ1) is 14.3. The lowest BCUT2D eigenvalue weighted by atomic mass is 10.1. The van der Waals surface area contributed by atoms with Gasteiger partial charge in [-0.1, -0.05) is 0 Å². The molecule has 4 aromatic rings. The topological polar surface area (TPSA) is 81.2 Å². The summed E-state index contributed by atoms with van der Waals surface area (Å²) in [4.78, 5) is 21.0. The third kappa shape index (κ3) is 3.80. The Morgan fingerprint density at radius 1 is 1.13 bits per heavy atom. The minimum Gasteiger partial charge on any atom is -0.440 e. The van der Waals surface area contributed by atoms with E-state index in [1.54, 1.807) is 18.2 Å². The number of ketones is 1. The molecule has 0 radical (unpaired) electrons. The molecule has 4 rings (SSSR count). The molecule has 6 nitrogen and oxygen atoms in total. The Morgan fingerprint density at radius 2 is 1.93 bits per heavy atom. The Bertz CT molecular complexity index is 1240. The number of halogens is 3. The van der Waals surface area contributed by atoms with Crippen molar-refractivity contribution in [3.63, 3.8) is 0 Å². The van der Waals surface area contributed by atoms with E-state index in [4.69, 9.17) is 9.52 Å². The van der Waals surface area contributed by atoms with Crippen molar-refractivity contribution in [1.82, 2.24) is 14.5 Å². The summed E-state index contributed by atoms with van der Waals surface area (Å²) in [6, 6.07) is 8.39. The molecule has 156 valence electrons. The molecule has 0 amide bonds. The molecule has 0 spiro atoms. The Morgan fingerprint density at radius 3 is 2.67 bits per heavy atom. The van der Waals surface area contributed by atoms with Gasteiger partial charge in [-0.2, -0.15) is 13.2 Å². The quantitative estimate of drug-likeness (QED) is 0.474. The lowest BCUT2D eigenvalue weighted by Crippen LogP contribution is -2.03. The van der Waals surface area contributed by atoms with E-state index in [1.807, 2.05) is 11.6 Å². The summed E-state index contributed by atoms with van der Waals surface area (Å²) in [6.45, 7) is -0.0450. The van der Waals surface area contributed by atoms with Gasteiger partial charge in [0, 0.05) is 25.6 Å². The van der Waals surface area contributed by atoms with Crippen LogP contribution in [-0.2, 0) is 19.6 Å². The number of benzene rings is 2. The molecular formula is C21H18F3N3O3. The highest BCUT2D eigenvalue weighted by Crippen LogP contribution is 2.32. The Kier molecular flexibility index (Phi) is 5.07. The Balaban J connectivity index is 1.63. The van der Waals surface area contributed by atoms with Crippen molar-refractivity contribution >= 4 is 27.9 Å². The second-order valence-corrected chi connectivity index (χ2v) is 7.01.